The van der Waals surface area contributed by atoms with Gasteiger partial charge in [0.15, 0.2) is 0 Å². The second-order valence-corrected chi connectivity index (χ2v) is 3.62. The number of aromatic nitrogens is 1. The molecule has 0 aliphatic heterocycles. The van der Waals surface area contributed by atoms with Crippen molar-refractivity contribution in [1.29, 1.82) is 0 Å². The molecule has 1 N–H and O–H groups in total. The first kappa shape index (κ1) is 13.1. The minimum absolute atomic E-state index is 0.000971. The monoisotopic (exact) mass is 240 g/mol. The summed E-state index contributed by atoms with van der Waals surface area (Å²) in [5.74, 6) is -1.85. The molecule has 1 heterocycles. The molecular weight excluding hydrogens is 227 g/mol. The van der Waals surface area contributed by atoms with E-state index in [4.69, 9.17) is 5.11 Å². The molecule has 5 nitrogen and oxygen atoms in total. The highest BCUT2D eigenvalue weighted by atomic mass is 19.1. The number of hydrogen-bond donors (Lipinski definition) is 1. The third-order valence-electron chi connectivity index (χ3n) is 2.18. The second-order valence-electron chi connectivity index (χ2n) is 3.62. The zero-order valence-corrected chi connectivity index (χ0v) is 9.39. The minimum atomic E-state index is -0.904. The van der Waals surface area contributed by atoms with Crippen molar-refractivity contribution in [1.82, 2.24) is 9.88 Å². The third kappa shape index (κ3) is 4.18. The number of carbonyl (C=O) groups is 2. The summed E-state index contributed by atoms with van der Waals surface area (Å²) in [6, 6.07) is 1.10. The number of aliphatic carboxylic acids is 1. The molecule has 1 rings (SSSR count). The van der Waals surface area contributed by atoms with E-state index in [1.165, 1.54) is 18.1 Å². The van der Waals surface area contributed by atoms with E-state index in [0.29, 0.717) is 13.0 Å². The molecule has 0 aromatic carbocycles. The standard InChI is InChI=1S/C11H13FN2O3/c1-14(4-2-3-10(15)16)11(17)8-5-9(12)7-13-6-8/h5-7H,2-4H2,1H3,(H,15,16). The van der Waals surface area contributed by atoms with Crippen LogP contribution in [0.25, 0.3) is 0 Å². The Bertz CT molecular complexity index is 423. The van der Waals surface area contributed by atoms with Crippen molar-refractivity contribution in [3.8, 4) is 0 Å². The lowest BCUT2D eigenvalue weighted by Gasteiger charge is -2.16. The van der Waals surface area contributed by atoms with Crippen molar-refractivity contribution in [2.45, 2.75) is 12.8 Å². The van der Waals surface area contributed by atoms with Gasteiger partial charge in [0.25, 0.3) is 5.91 Å². The van der Waals surface area contributed by atoms with E-state index >= 15 is 0 Å². The van der Waals surface area contributed by atoms with Crippen LogP contribution >= 0.6 is 0 Å². The normalized spacial score (nSPS) is 10.0. The van der Waals surface area contributed by atoms with Crippen molar-refractivity contribution in [2.75, 3.05) is 13.6 Å². The summed E-state index contributed by atoms with van der Waals surface area (Å²) >= 11 is 0. The Morgan fingerprint density at radius 2 is 2.18 bits per heavy atom. The Hall–Kier alpha value is -1.98. The minimum Gasteiger partial charge on any atom is -0.481 e. The van der Waals surface area contributed by atoms with Crippen LogP contribution in [-0.4, -0.2) is 40.5 Å². The molecule has 1 amide bonds. The highest BCUT2D eigenvalue weighted by molar-refractivity contribution is 5.93. The number of hydrogen-bond acceptors (Lipinski definition) is 3. The molecule has 1 aromatic heterocycles. The van der Waals surface area contributed by atoms with Crippen LogP contribution in [0.4, 0.5) is 4.39 Å². The molecule has 0 saturated carbocycles. The molecule has 0 aliphatic carbocycles. The Kier molecular flexibility index (Phi) is 4.56. The maximum absolute atomic E-state index is 12.8. The van der Waals surface area contributed by atoms with Crippen molar-refractivity contribution in [2.24, 2.45) is 0 Å². The van der Waals surface area contributed by atoms with E-state index in [9.17, 15) is 14.0 Å². The fourth-order valence-electron chi connectivity index (χ4n) is 1.32. The number of pyridine rings is 1. The molecule has 0 radical (unpaired) electrons. The van der Waals surface area contributed by atoms with Gasteiger partial charge in [0.1, 0.15) is 5.82 Å². The smallest absolute Gasteiger partial charge is 0.303 e. The summed E-state index contributed by atoms with van der Waals surface area (Å²) in [5, 5.41) is 8.46. The van der Waals surface area contributed by atoms with Gasteiger partial charge in [-0.05, 0) is 12.5 Å². The molecule has 0 bridgehead atoms. The van der Waals surface area contributed by atoms with Crippen LogP contribution in [0, 0.1) is 5.82 Å². The first-order valence-electron chi connectivity index (χ1n) is 5.08. The molecule has 0 saturated heterocycles. The van der Waals surface area contributed by atoms with Gasteiger partial charge >= 0.3 is 5.97 Å². The predicted molar refractivity (Wildman–Crippen MR) is 58.0 cm³/mol. The largest absolute Gasteiger partial charge is 0.481 e. The summed E-state index contributed by atoms with van der Waals surface area (Å²) in [4.78, 5) is 27.0. The maximum Gasteiger partial charge on any atom is 0.303 e. The first-order valence-corrected chi connectivity index (χ1v) is 5.08. The van der Waals surface area contributed by atoms with Crippen molar-refractivity contribution < 1.29 is 19.1 Å². The topological polar surface area (TPSA) is 70.5 Å². The number of carboxylic acids is 1. The van der Waals surface area contributed by atoms with E-state index in [1.54, 1.807) is 0 Å². The lowest BCUT2D eigenvalue weighted by atomic mass is 10.2. The molecule has 0 atom stereocenters. The molecule has 0 unspecified atom stereocenters. The molecule has 17 heavy (non-hydrogen) atoms. The van der Waals surface area contributed by atoms with Gasteiger partial charge in [-0.25, -0.2) is 4.39 Å². The number of carboxylic acid groups (broad SMARTS) is 1. The Balaban J connectivity index is 2.54. The highest BCUT2D eigenvalue weighted by Crippen LogP contribution is 2.05. The van der Waals surface area contributed by atoms with E-state index < -0.39 is 11.8 Å². The van der Waals surface area contributed by atoms with Gasteiger partial charge < -0.3 is 10.0 Å². The number of rotatable bonds is 5. The summed E-state index contributed by atoms with van der Waals surface area (Å²) in [6.07, 6.45) is 2.65. The van der Waals surface area contributed by atoms with Crippen LogP contribution < -0.4 is 0 Å². The second kappa shape index (κ2) is 5.93. The molecule has 0 fully saturated rings. The number of carbonyl (C=O) groups excluding carboxylic acids is 1. The summed E-state index contributed by atoms with van der Waals surface area (Å²) in [7, 11) is 1.54. The van der Waals surface area contributed by atoms with Crippen LogP contribution in [0.15, 0.2) is 18.5 Å². The van der Waals surface area contributed by atoms with Crippen LogP contribution in [0.2, 0.25) is 0 Å². The van der Waals surface area contributed by atoms with Crippen molar-refractivity contribution >= 4 is 11.9 Å². The van der Waals surface area contributed by atoms with Gasteiger partial charge in [-0.2, -0.15) is 0 Å². The quantitative estimate of drug-likeness (QED) is 0.838. The third-order valence-corrected chi connectivity index (χ3v) is 2.18. The van der Waals surface area contributed by atoms with Gasteiger partial charge in [-0.15, -0.1) is 0 Å². The Morgan fingerprint density at radius 3 is 2.76 bits per heavy atom. The average molecular weight is 240 g/mol. The van der Waals surface area contributed by atoms with Crippen LogP contribution in [0.3, 0.4) is 0 Å². The Morgan fingerprint density at radius 1 is 1.47 bits per heavy atom. The van der Waals surface area contributed by atoms with E-state index in [-0.39, 0.29) is 17.9 Å². The molecular formula is C11H13FN2O3. The van der Waals surface area contributed by atoms with Gasteiger partial charge in [0.2, 0.25) is 0 Å². The first-order chi connectivity index (χ1) is 8.00. The van der Waals surface area contributed by atoms with Gasteiger partial charge in [-0.1, -0.05) is 0 Å². The molecule has 6 heteroatoms. The van der Waals surface area contributed by atoms with E-state index in [1.807, 2.05) is 0 Å². The lowest BCUT2D eigenvalue weighted by Crippen LogP contribution is -2.28. The summed E-state index contributed by atoms with van der Waals surface area (Å²) in [5.41, 5.74) is 0.155. The van der Waals surface area contributed by atoms with E-state index in [0.717, 1.165) is 12.3 Å². The zero-order chi connectivity index (χ0) is 12.8. The Labute approximate surface area is 97.9 Å². The SMILES string of the molecule is CN(CCCC(=O)O)C(=O)c1cncc(F)c1. The van der Waals surface area contributed by atoms with Gasteiger partial charge in [-0.3, -0.25) is 14.6 Å². The van der Waals surface area contributed by atoms with Crippen LogP contribution in [-0.2, 0) is 4.79 Å². The predicted octanol–water partition coefficient (Wildman–Crippen LogP) is 1.16. The summed E-state index contributed by atoms with van der Waals surface area (Å²) < 4.78 is 12.8. The van der Waals surface area contributed by atoms with Crippen molar-refractivity contribution in [3.05, 3.63) is 29.8 Å². The number of halogens is 1. The number of nitrogens with zero attached hydrogens (tertiary/aromatic N) is 2. The average Bonchev–Trinajstić information content (AvgIpc) is 2.27. The van der Waals surface area contributed by atoms with Gasteiger partial charge in [0.05, 0.1) is 11.8 Å². The van der Waals surface area contributed by atoms with Gasteiger partial charge in [0, 0.05) is 26.2 Å². The zero-order valence-electron chi connectivity index (χ0n) is 9.39. The molecule has 1 aromatic rings. The van der Waals surface area contributed by atoms with Crippen LogP contribution in [0.1, 0.15) is 23.2 Å². The number of amides is 1. The molecule has 0 aliphatic rings. The highest BCUT2D eigenvalue weighted by Gasteiger charge is 2.12. The lowest BCUT2D eigenvalue weighted by molar-refractivity contribution is -0.137. The molecule has 92 valence electrons. The fourth-order valence-corrected chi connectivity index (χ4v) is 1.32. The summed E-state index contributed by atoms with van der Waals surface area (Å²) in [6.45, 7) is 0.307. The van der Waals surface area contributed by atoms with E-state index in [2.05, 4.69) is 4.98 Å². The maximum atomic E-state index is 12.8. The fraction of sp³-hybridized carbons (Fsp3) is 0.364. The van der Waals surface area contributed by atoms with Crippen molar-refractivity contribution in [3.63, 3.8) is 0 Å². The van der Waals surface area contributed by atoms with Crippen LogP contribution in [0.5, 0.6) is 0 Å². The molecule has 0 spiro atoms.